The van der Waals surface area contributed by atoms with Crippen molar-refractivity contribution in [2.24, 2.45) is 0 Å². The van der Waals surface area contributed by atoms with Gasteiger partial charge in [0.1, 0.15) is 0 Å². The summed E-state index contributed by atoms with van der Waals surface area (Å²) in [5.41, 5.74) is 9.47. The van der Waals surface area contributed by atoms with Gasteiger partial charge in [-0.1, -0.05) is 109 Å². The molecule has 0 unspecified atom stereocenters. The molecule has 0 amide bonds. The van der Waals surface area contributed by atoms with E-state index in [-0.39, 0.29) is 5.41 Å². The van der Waals surface area contributed by atoms with Gasteiger partial charge in [0.15, 0.2) is 0 Å². The minimum atomic E-state index is 0.211. The van der Waals surface area contributed by atoms with Crippen LogP contribution in [0.4, 0.5) is 0 Å². The summed E-state index contributed by atoms with van der Waals surface area (Å²) >= 11 is 0. The quantitative estimate of drug-likeness (QED) is 0.336. The lowest BCUT2D eigenvalue weighted by Gasteiger charge is -2.27. The standard InChI is InChI=1S/C27H38/c1-5-6-7-8-9-10-11-12-15-21-18-19-24-23-17-14-13-16-22(23)20-25(24)26(21)27(2,3)4/h13-14,16-19H,5-12,15,20H2,1-4H3. The predicted molar refractivity (Wildman–Crippen MR) is 120 cm³/mol. The first-order valence-corrected chi connectivity index (χ1v) is 11.3. The van der Waals surface area contributed by atoms with Crippen LogP contribution in [0.25, 0.3) is 11.1 Å². The molecule has 0 heteroatoms. The fourth-order valence-corrected chi connectivity index (χ4v) is 4.85. The van der Waals surface area contributed by atoms with Gasteiger partial charge in [0.05, 0.1) is 0 Å². The monoisotopic (exact) mass is 362 g/mol. The van der Waals surface area contributed by atoms with E-state index in [2.05, 4.69) is 64.1 Å². The Bertz CT molecular complexity index is 745. The Balaban J connectivity index is 1.67. The van der Waals surface area contributed by atoms with Gasteiger partial charge in [0, 0.05) is 0 Å². The summed E-state index contributed by atoms with van der Waals surface area (Å²) in [6, 6.07) is 13.8. The molecular weight excluding hydrogens is 324 g/mol. The van der Waals surface area contributed by atoms with Crippen molar-refractivity contribution in [3.05, 3.63) is 58.7 Å². The van der Waals surface area contributed by atoms with Crippen molar-refractivity contribution in [2.75, 3.05) is 0 Å². The van der Waals surface area contributed by atoms with E-state index in [9.17, 15) is 0 Å². The second-order valence-electron chi connectivity index (χ2n) is 9.43. The molecule has 0 nitrogen and oxygen atoms in total. The van der Waals surface area contributed by atoms with Crippen molar-refractivity contribution in [1.29, 1.82) is 0 Å². The first-order chi connectivity index (χ1) is 13.0. The van der Waals surface area contributed by atoms with Gasteiger partial charge in [-0.05, 0) is 58.1 Å². The Morgan fingerprint density at radius 3 is 2.11 bits per heavy atom. The molecule has 0 saturated heterocycles. The molecule has 0 saturated carbocycles. The molecule has 27 heavy (non-hydrogen) atoms. The first-order valence-electron chi connectivity index (χ1n) is 11.3. The van der Waals surface area contributed by atoms with E-state index in [0.717, 1.165) is 6.42 Å². The molecule has 146 valence electrons. The Labute approximate surface area is 167 Å². The van der Waals surface area contributed by atoms with Crippen LogP contribution >= 0.6 is 0 Å². The van der Waals surface area contributed by atoms with Gasteiger partial charge < -0.3 is 0 Å². The minimum absolute atomic E-state index is 0.211. The van der Waals surface area contributed by atoms with Gasteiger partial charge >= 0.3 is 0 Å². The molecule has 0 N–H and O–H groups in total. The molecule has 0 spiro atoms. The fraction of sp³-hybridized carbons (Fsp3) is 0.556. The van der Waals surface area contributed by atoms with Crippen LogP contribution in [0.2, 0.25) is 0 Å². The van der Waals surface area contributed by atoms with Crippen molar-refractivity contribution < 1.29 is 0 Å². The van der Waals surface area contributed by atoms with Crippen LogP contribution in [0, 0.1) is 0 Å². The molecule has 0 aromatic heterocycles. The van der Waals surface area contributed by atoms with Crippen molar-refractivity contribution in [1.82, 2.24) is 0 Å². The van der Waals surface area contributed by atoms with Gasteiger partial charge in [-0.15, -0.1) is 0 Å². The van der Waals surface area contributed by atoms with Crippen LogP contribution in [0.5, 0.6) is 0 Å². The zero-order chi connectivity index (χ0) is 19.3. The van der Waals surface area contributed by atoms with Crippen LogP contribution < -0.4 is 0 Å². The number of aryl methyl sites for hydroxylation is 1. The number of rotatable bonds is 9. The maximum absolute atomic E-state index is 2.43. The molecule has 0 radical (unpaired) electrons. The van der Waals surface area contributed by atoms with E-state index in [1.807, 2.05) is 0 Å². The SMILES string of the molecule is CCCCCCCCCCc1ccc2c(c1C(C)(C)C)Cc1ccccc1-2. The largest absolute Gasteiger partial charge is 0.0654 e. The van der Waals surface area contributed by atoms with E-state index in [1.165, 1.54) is 74.5 Å². The third-order valence-corrected chi connectivity index (χ3v) is 6.12. The summed E-state index contributed by atoms with van der Waals surface area (Å²) in [6.45, 7) is 9.47. The highest BCUT2D eigenvalue weighted by molar-refractivity contribution is 5.79. The van der Waals surface area contributed by atoms with Gasteiger partial charge in [-0.3, -0.25) is 0 Å². The van der Waals surface area contributed by atoms with Crippen molar-refractivity contribution in [3.63, 3.8) is 0 Å². The van der Waals surface area contributed by atoms with Crippen LogP contribution in [-0.2, 0) is 18.3 Å². The van der Waals surface area contributed by atoms with Gasteiger partial charge in [0.25, 0.3) is 0 Å². The molecule has 3 rings (SSSR count). The Kier molecular flexibility index (Phi) is 6.79. The highest BCUT2D eigenvalue weighted by atomic mass is 14.3. The number of fused-ring (bicyclic) bond motifs is 3. The first kappa shape index (κ1) is 20.2. The second-order valence-corrected chi connectivity index (χ2v) is 9.43. The van der Waals surface area contributed by atoms with Crippen molar-refractivity contribution >= 4 is 0 Å². The lowest BCUT2D eigenvalue weighted by atomic mass is 9.78. The van der Waals surface area contributed by atoms with E-state index in [4.69, 9.17) is 0 Å². The van der Waals surface area contributed by atoms with Crippen LogP contribution in [0.3, 0.4) is 0 Å². The predicted octanol–water partition coefficient (Wildman–Crippen LogP) is 8.24. The Hall–Kier alpha value is -1.56. The molecule has 2 aromatic carbocycles. The second kappa shape index (κ2) is 9.09. The van der Waals surface area contributed by atoms with Crippen molar-refractivity contribution in [2.45, 2.75) is 97.3 Å². The van der Waals surface area contributed by atoms with Gasteiger partial charge in [0.2, 0.25) is 0 Å². The number of unbranched alkanes of at least 4 members (excludes halogenated alkanes) is 7. The molecule has 0 aliphatic heterocycles. The maximum atomic E-state index is 2.43. The average molecular weight is 363 g/mol. The molecular formula is C27H38. The van der Waals surface area contributed by atoms with E-state index < -0.39 is 0 Å². The summed E-state index contributed by atoms with van der Waals surface area (Å²) in [5, 5.41) is 0. The Morgan fingerprint density at radius 1 is 0.741 bits per heavy atom. The highest BCUT2D eigenvalue weighted by Gasteiger charge is 2.28. The molecule has 2 aromatic rings. The van der Waals surface area contributed by atoms with Gasteiger partial charge in [-0.25, -0.2) is 0 Å². The molecule has 0 heterocycles. The summed E-state index contributed by atoms with van der Waals surface area (Å²) in [6.07, 6.45) is 13.5. The normalized spacial score (nSPS) is 12.9. The number of hydrogen-bond acceptors (Lipinski definition) is 0. The maximum Gasteiger partial charge on any atom is -0.00104 e. The topological polar surface area (TPSA) is 0 Å². The van der Waals surface area contributed by atoms with Crippen LogP contribution in [0.15, 0.2) is 36.4 Å². The molecule has 0 fully saturated rings. The average Bonchev–Trinajstić information content (AvgIpc) is 3.01. The third-order valence-electron chi connectivity index (χ3n) is 6.12. The molecule has 1 aliphatic carbocycles. The zero-order valence-corrected chi connectivity index (χ0v) is 18.0. The highest BCUT2D eigenvalue weighted by Crippen LogP contribution is 2.43. The molecule has 0 atom stereocenters. The van der Waals surface area contributed by atoms with Gasteiger partial charge in [-0.2, -0.15) is 0 Å². The number of benzene rings is 2. The van der Waals surface area contributed by atoms with E-state index in [1.54, 1.807) is 16.7 Å². The molecule has 1 aliphatic rings. The summed E-state index contributed by atoms with van der Waals surface area (Å²) < 4.78 is 0. The minimum Gasteiger partial charge on any atom is -0.0654 e. The van der Waals surface area contributed by atoms with E-state index >= 15 is 0 Å². The third kappa shape index (κ3) is 4.84. The smallest absolute Gasteiger partial charge is 0.00104 e. The zero-order valence-electron chi connectivity index (χ0n) is 18.0. The van der Waals surface area contributed by atoms with E-state index in [0.29, 0.717) is 0 Å². The summed E-state index contributed by atoms with van der Waals surface area (Å²) in [5.74, 6) is 0. The Morgan fingerprint density at radius 2 is 1.41 bits per heavy atom. The van der Waals surface area contributed by atoms with Crippen LogP contribution in [-0.4, -0.2) is 0 Å². The summed E-state index contributed by atoms with van der Waals surface area (Å²) in [4.78, 5) is 0. The number of hydrogen-bond donors (Lipinski definition) is 0. The van der Waals surface area contributed by atoms with Crippen LogP contribution in [0.1, 0.15) is 101 Å². The summed E-state index contributed by atoms with van der Waals surface area (Å²) in [7, 11) is 0. The molecule has 0 bridgehead atoms. The lowest BCUT2D eigenvalue weighted by Crippen LogP contribution is -2.17. The fourth-order valence-electron chi connectivity index (χ4n) is 4.85. The van der Waals surface area contributed by atoms with Crippen molar-refractivity contribution in [3.8, 4) is 11.1 Å². The lowest BCUT2D eigenvalue weighted by molar-refractivity contribution is 0.560.